The number of pyridine rings is 1. The quantitative estimate of drug-likeness (QED) is 0.821. The molecular weight excluding hydrogens is 256 g/mol. The van der Waals surface area contributed by atoms with E-state index in [1.807, 2.05) is 11.0 Å². The van der Waals surface area contributed by atoms with Crippen molar-refractivity contribution in [2.24, 2.45) is 0 Å². The molecule has 108 valence electrons. The number of ether oxygens (including phenoxy) is 2. The van der Waals surface area contributed by atoms with E-state index >= 15 is 0 Å². The van der Waals surface area contributed by atoms with Gasteiger partial charge in [-0.25, -0.2) is 0 Å². The molecule has 2 aliphatic heterocycles. The number of aromatic nitrogens is 1. The number of carbonyl (C=O) groups is 1. The molecule has 0 bridgehead atoms. The van der Waals surface area contributed by atoms with Crippen molar-refractivity contribution in [2.75, 3.05) is 26.8 Å². The average Bonchev–Trinajstić information content (AvgIpc) is 2.91. The molecule has 0 N–H and O–H groups in total. The summed E-state index contributed by atoms with van der Waals surface area (Å²) in [6, 6.07) is 3.61. The number of rotatable bonds is 2. The average molecular weight is 276 g/mol. The van der Waals surface area contributed by atoms with Crippen LogP contribution in [-0.4, -0.2) is 54.3 Å². The molecule has 5 heteroatoms. The van der Waals surface area contributed by atoms with Crippen molar-refractivity contribution in [3.8, 4) is 0 Å². The number of carbonyl (C=O) groups excluding carboxylic acids is 1. The summed E-state index contributed by atoms with van der Waals surface area (Å²) >= 11 is 0. The highest BCUT2D eigenvalue weighted by atomic mass is 16.6. The van der Waals surface area contributed by atoms with E-state index < -0.39 is 0 Å². The zero-order valence-electron chi connectivity index (χ0n) is 11.7. The summed E-state index contributed by atoms with van der Waals surface area (Å²) in [5.41, 5.74) is 0.581. The first-order valence-electron chi connectivity index (χ1n) is 7.08. The molecule has 1 spiro atoms. The van der Waals surface area contributed by atoms with Gasteiger partial charge in [0.2, 0.25) is 0 Å². The summed E-state index contributed by atoms with van der Waals surface area (Å²) in [5, 5.41) is 0. The number of likely N-dealkylation sites (tertiary alicyclic amines) is 1. The molecule has 1 aromatic rings. The van der Waals surface area contributed by atoms with Gasteiger partial charge in [-0.05, 0) is 25.0 Å². The number of piperidine rings is 1. The van der Waals surface area contributed by atoms with Crippen LogP contribution < -0.4 is 0 Å². The van der Waals surface area contributed by atoms with Gasteiger partial charge < -0.3 is 14.4 Å². The maximum absolute atomic E-state index is 12.3. The summed E-state index contributed by atoms with van der Waals surface area (Å²) in [5.74, 6) is 0.0641. The zero-order chi connectivity index (χ0) is 14.0. The van der Waals surface area contributed by atoms with E-state index in [0.717, 1.165) is 32.4 Å². The third kappa shape index (κ3) is 2.55. The van der Waals surface area contributed by atoms with Crippen molar-refractivity contribution in [1.29, 1.82) is 0 Å². The van der Waals surface area contributed by atoms with Crippen molar-refractivity contribution in [1.82, 2.24) is 9.88 Å². The van der Waals surface area contributed by atoms with Gasteiger partial charge in [-0.3, -0.25) is 9.78 Å². The molecule has 2 fully saturated rings. The van der Waals surface area contributed by atoms with Gasteiger partial charge in [-0.15, -0.1) is 0 Å². The lowest BCUT2D eigenvalue weighted by Crippen LogP contribution is -2.46. The number of amides is 1. The van der Waals surface area contributed by atoms with E-state index in [0.29, 0.717) is 12.2 Å². The third-order valence-corrected chi connectivity index (χ3v) is 4.38. The molecule has 0 aromatic carbocycles. The topological polar surface area (TPSA) is 51.7 Å². The van der Waals surface area contributed by atoms with Crippen LogP contribution in [0.2, 0.25) is 0 Å². The molecule has 1 amide bonds. The van der Waals surface area contributed by atoms with Gasteiger partial charge in [0.1, 0.15) is 0 Å². The van der Waals surface area contributed by atoms with Crippen molar-refractivity contribution >= 4 is 5.91 Å². The van der Waals surface area contributed by atoms with E-state index in [4.69, 9.17) is 9.47 Å². The van der Waals surface area contributed by atoms with Gasteiger partial charge in [0.15, 0.2) is 0 Å². The minimum Gasteiger partial charge on any atom is -0.379 e. The fourth-order valence-corrected chi connectivity index (χ4v) is 3.09. The van der Waals surface area contributed by atoms with Crippen LogP contribution in [0.5, 0.6) is 0 Å². The molecule has 20 heavy (non-hydrogen) atoms. The van der Waals surface area contributed by atoms with Crippen LogP contribution in [0.15, 0.2) is 24.5 Å². The second-order valence-electron chi connectivity index (χ2n) is 5.59. The van der Waals surface area contributed by atoms with Crippen molar-refractivity contribution in [3.05, 3.63) is 30.1 Å². The summed E-state index contributed by atoms with van der Waals surface area (Å²) < 4.78 is 11.3. The zero-order valence-corrected chi connectivity index (χ0v) is 11.7. The van der Waals surface area contributed by atoms with E-state index in [1.165, 1.54) is 0 Å². The second kappa shape index (κ2) is 5.50. The number of nitrogens with zero attached hydrogens (tertiary/aromatic N) is 2. The Labute approximate surface area is 118 Å². The molecule has 1 atom stereocenters. The lowest BCUT2D eigenvalue weighted by molar-refractivity contribution is -0.0402. The molecule has 2 saturated heterocycles. The standard InChI is InChI=1S/C15H20N2O3/c1-19-13-9-15(20-11-13)4-7-17(8-5-15)14(18)12-3-2-6-16-10-12/h2-3,6,10,13H,4-5,7-9,11H2,1H3/t13-/m0/s1. The van der Waals surface area contributed by atoms with Gasteiger partial charge in [0.05, 0.1) is 23.9 Å². The Balaban J connectivity index is 1.60. The van der Waals surface area contributed by atoms with Crippen molar-refractivity contribution in [2.45, 2.75) is 31.0 Å². The summed E-state index contributed by atoms with van der Waals surface area (Å²) in [6.07, 6.45) is 6.23. The number of methoxy groups -OCH3 is 1. The molecule has 0 unspecified atom stereocenters. The molecule has 1 aromatic heterocycles. The fourth-order valence-electron chi connectivity index (χ4n) is 3.09. The fraction of sp³-hybridized carbons (Fsp3) is 0.600. The van der Waals surface area contributed by atoms with Gasteiger partial charge in [-0.1, -0.05) is 0 Å². The van der Waals surface area contributed by atoms with E-state index in [1.54, 1.807) is 25.6 Å². The SMILES string of the molecule is CO[C@@H]1COC2(CCN(C(=O)c3cccnc3)CC2)C1. The highest BCUT2D eigenvalue weighted by Gasteiger charge is 2.43. The lowest BCUT2D eigenvalue weighted by atomic mass is 9.88. The minimum absolute atomic E-state index is 0.0641. The summed E-state index contributed by atoms with van der Waals surface area (Å²) in [6.45, 7) is 2.15. The first-order valence-corrected chi connectivity index (χ1v) is 7.08. The first kappa shape index (κ1) is 13.5. The van der Waals surface area contributed by atoms with Gasteiger partial charge in [0.25, 0.3) is 5.91 Å². The molecule has 0 radical (unpaired) electrons. The monoisotopic (exact) mass is 276 g/mol. The number of hydrogen-bond acceptors (Lipinski definition) is 4. The maximum Gasteiger partial charge on any atom is 0.255 e. The van der Waals surface area contributed by atoms with E-state index in [9.17, 15) is 4.79 Å². The minimum atomic E-state index is -0.0770. The Bertz CT molecular complexity index is 469. The molecule has 2 aliphatic rings. The molecule has 5 nitrogen and oxygen atoms in total. The summed E-state index contributed by atoms with van der Waals surface area (Å²) in [7, 11) is 1.73. The van der Waals surface area contributed by atoms with E-state index in [2.05, 4.69) is 4.98 Å². The van der Waals surface area contributed by atoms with Crippen LogP contribution in [0.4, 0.5) is 0 Å². The summed E-state index contributed by atoms with van der Waals surface area (Å²) in [4.78, 5) is 18.2. The van der Waals surface area contributed by atoms with Gasteiger partial charge in [0, 0.05) is 39.0 Å². The van der Waals surface area contributed by atoms with Crippen LogP contribution >= 0.6 is 0 Å². The predicted octanol–water partition coefficient (Wildman–Crippen LogP) is 1.49. The smallest absolute Gasteiger partial charge is 0.255 e. The Hall–Kier alpha value is -1.46. The van der Waals surface area contributed by atoms with Gasteiger partial charge in [-0.2, -0.15) is 0 Å². The molecule has 3 heterocycles. The van der Waals surface area contributed by atoms with Crippen LogP contribution in [0.3, 0.4) is 0 Å². The second-order valence-corrected chi connectivity index (χ2v) is 5.59. The molecule has 3 rings (SSSR count). The van der Waals surface area contributed by atoms with Crippen molar-refractivity contribution in [3.63, 3.8) is 0 Å². The van der Waals surface area contributed by atoms with Crippen LogP contribution in [0, 0.1) is 0 Å². The highest BCUT2D eigenvalue weighted by molar-refractivity contribution is 5.93. The van der Waals surface area contributed by atoms with Crippen LogP contribution in [-0.2, 0) is 9.47 Å². The van der Waals surface area contributed by atoms with Crippen LogP contribution in [0.25, 0.3) is 0 Å². The Kier molecular flexibility index (Phi) is 3.72. The Morgan fingerprint density at radius 1 is 1.50 bits per heavy atom. The number of hydrogen-bond donors (Lipinski definition) is 0. The largest absolute Gasteiger partial charge is 0.379 e. The van der Waals surface area contributed by atoms with Crippen molar-refractivity contribution < 1.29 is 14.3 Å². The third-order valence-electron chi connectivity index (χ3n) is 4.38. The normalized spacial score (nSPS) is 25.1. The van der Waals surface area contributed by atoms with E-state index in [-0.39, 0.29) is 17.6 Å². The van der Waals surface area contributed by atoms with Gasteiger partial charge >= 0.3 is 0 Å². The molecule has 0 saturated carbocycles. The molecular formula is C15H20N2O3. The molecule has 0 aliphatic carbocycles. The first-order chi connectivity index (χ1) is 9.72. The lowest BCUT2D eigenvalue weighted by Gasteiger charge is -2.38. The van der Waals surface area contributed by atoms with Crippen LogP contribution in [0.1, 0.15) is 29.6 Å². The maximum atomic E-state index is 12.3. The Morgan fingerprint density at radius 2 is 2.30 bits per heavy atom. The predicted molar refractivity (Wildman–Crippen MR) is 73.5 cm³/mol. The highest BCUT2D eigenvalue weighted by Crippen LogP contribution is 2.37. The Morgan fingerprint density at radius 3 is 2.90 bits per heavy atom.